The van der Waals surface area contributed by atoms with Crippen LogP contribution in [0.1, 0.15) is 48.5 Å². The molecule has 0 unspecified atom stereocenters. The van der Waals surface area contributed by atoms with Crippen LogP contribution in [-0.2, 0) is 4.65 Å². The van der Waals surface area contributed by atoms with Crippen molar-refractivity contribution in [1.29, 1.82) is 5.41 Å². The second-order valence-electron chi connectivity index (χ2n) is 6.32. The van der Waals surface area contributed by atoms with E-state index in [1.165, 1.54) is 0 Å². The van der Waals surface area contributed by atoms with E-state index in [9.17, 15) is 5.11 Å². The highest BCUT2D eigenvalue weighted by molar-refractivity contribution is 7.81. The third-order valence-electron chi connectivity index (χ3n) is 3.62. The first-order valence-corrected chi connectivity index (χ1v) is 7.36. The van der Waals surface area contributed by atoms with Gasteiger partial charge in [0, 0.05) is 22.7 Å². The van der Waals surface area contributed by atoms with Crippen molar-refractivity contribution in [2.75, 3.05) is 6.54 Å². The number of nitrogens with one attached hydrogen (secondary N) is 2. The van der Waals surface area contributed by atoms with E-state index >= 15 is 0 Å². The predicted octanol–water partition coefficient (Wildman–Crippen LogP) is 2.08. The van der Waals surface area contributed by atoms with E-state index in [0.29, 0.717) is 19.7 Å². The largest absolute Gasteiger partial charge is 0.428 e. The van der Waals surface area contributed by atoms with Crippen LogP contribution in [0.3, 0.4) is 0 Å². The van der Waals surface area contributed by atoms with Gasteiger partial charge < -0.3 is 20.5 Å². The fourth-order valence-electron chi connectivity index (χ4n) is 1.33. The summed E-state index contributed by atoms with van der Waals surface area (Å²) in [5.74, 6) is 0. The zero-order valence-electron chi connectivity index (χ0n) is 13.8. The Kier molecular flexibility index (Phi) is 7.35. The molecule has 0 saturated heterocycles. The molecule has 4 nitrogen and oxygen atoms in total. The lowest BCUT2D eigenvalue weighted by Crippen LogP contribution is -2.44. The fraction of sp³-hybridized carbons (Fsp3) is 0.786. The molecule has 0 heterocycles. The maximum absolute atomic E-state index is 9.31. The van der Waals surface area contributed by atoms with Crippen LogP contribution in [0.5, 0.6) is 0 Å². The van der Waals surface area contributed by atoms with Crippen LogP contribution in [0.25, 0.3) is 0 Å². The highest BCUT2D eigenvalue weighted by atomic mass is 32.1. The molecular formula is C14H29BN2O2S. The molecule has 3 N–H and O–H groups in total. The van der Waals surface area contributed by atoms with Crippen LogP contribution in [0.15, 0.2) is 11.2 Å². The molecule has 0 rings (SSSR count). The second-order valence-corrected chi connectivity index (χ2v) is 7.43. The second kappa shape index (κ2) is 7.52. The Morgan fingerprint density at radius 2 is 1.85 bits per heavy atom. The summed E-state index contributed by atoms with van der Waals surface area (Å²) in [5, 5.41) is 20.3. The van der Waals surface area contributed by atoms with Crippen molar-refractivity contribution in [3.63, 3.8) is 0 Å². The summed E-state index contributed by atoms with van der Waals surface area (Å²) in [6.45, 7) is 13.8. The number of thiol groups is 1. The fourth-order valence-corrected chi connectivity index (χ4v) is 1.40. The van der Waals surface area contributed by atoms with Crippen LogP contribution >= 0.6 is 12.6 Å². The molecule has 0 aliphatic rings. The Bertz CT molecular complexity index is 374. The van der Waals surface area contributed by atoms with Gasteiger partial charge in [-0.25, -0.2) is 0 Å². The minimum absolute atomic E-state index is 0.283. The molecule has 0 bridgehead atoms. The van der Waals surface area contributed by atoms with Crippen LogP contribution in [-0.4, -0.2) is 41.3 Å². The van der Waals surface area contributed by atoms with Gasteiger partial charge in [-0.2, -0.15) is 12.6 Å². The average Bonchev–Trinajstić information content (AvgIpc) is 2.24. The molecule has 0 radical (unpaired) electrons. The number of hydrogen-bond acceptors (Lipinski definition) is 5. The van der Waals surface area contributed by atoms with Crippen molar-refractivity contribution in [2.45, 2.75) is 64.9 Å². The smallest absolute Gasteiger partial charge is 0.312 e. The average molecular weight is 300 g/mol. The maximum atomic E-state index is 9.31. The quantitative estimate of drug-likeness (QED) is 0.315. The third-order valence-corrected chi connectivity index (χ3v) is 4.16. The molecule has 20 heavy (non-hydrogen) atoms. The van der Waals surface area contributed by atoms with Crippen molar-refractivity contribution >= 4 is 25.8 Å². The van der Waals surface area contributed by atoms with Gasteiger partial charge in [-0.1, -0.05) is 0 Å². The van der Waals surface area contributed by atoms with E-state index in [1.54, 1.807) is 13.8 Å². The van der Waals surface area contributed by atoms with Crippen LogP contribution in [0, 0.1) is 5.41 Å². The van der Waals surface area contributed by atoms with Crippen LogP contribution in [0.4, 0.5) is 0 Å². The van der Waals surface area contributed by atoms with Gasteiger partial charge in [-0.15, -0.1) is 0 Å². The lowest BCUT2D eigenvalue weighted by Gasteiger charge is -2.38. The molecule has 0 aromatic heterocycles. The van der Waals surface area contributed by atoms with E-state index in [0.717, 1.165) is 11.2 Å². The van der Waals surface area contributed by atoms with Gasteiger partial charge in [0.2, 0.25) is 0 Å². The third kappa shape index (κ3) is 6.33. The highest BCUT2D eigenvalue weighted by Crippen LogP contribution is 2.31. The van der Waals surface area contributed by atoms with Crippen molar-refractivity contribution in [1.82, 2.24) is 5.32 Å². The molecule has 0 amide bonds. The SMILES string of the molecule is CC(=N)/C(BOC(C)(C)C(C)(C)S)=C(/C)NC[C@H](C)O. The Morgan fingerprint density at radius 1 is 1.35 bits per heavy atom. The molecule has 0 spiro atoms. The molecule has 0 fully saturated rings. The van der Waals surface area contributed by atoms with Crippen molar-refractivity contribution in [3.05, 3.63) is 11.2 Å². The molecule has 0 aromatic rings. The van der Waals surface area contributed by atoms with E-state index in [2.05, 4.69) is 17.9 Å². The van der Waals surface area contributed by atoms with Gasteiger partial charge >= 0.3 is 7.48 Å². The Morgan fingerprint density at radius 3 is 2.20 bits per heavy atom. The number of rotatable bonds is 8. The molecule has 0 aliphatic carbocycles. The monoisotopic (exact) mass is 300 g/mol. The molecule has 0 aromatic carbocycles. The minimum Gasteiger partial charge on any atom is -0.428 e. The lowest BCUT2D eigenvalue weighted by atomic mass is 9.80. The standard InChI is InChI=1S/C14H29BN2O2S/c1-9(18)8-17-11(3)12(10(2)16)15-19-13(4,5)14(6,7)20/h9,15-18,20H,8H2,1-7H3/b12-11+,16-10?/t9-/m0/s1. The minimum atomic E-state index is -0.425. The highest BCUT2D eigenvalue weighted by Gasteiger charge is 2.34. The lowest BCUT2D eigenvalue weighted by molar-refractivity contribution is 0.0847. The Hall–Kier alpha value is -0.455. The summed E-state index contributed by atoms with van der Waals surface area (Å²) < 4.78 is 5.68. The predicted molar refractivity (Wildman–Crippen MR) is 91.2 cm³/mol. The van der Waals surface area contributed by atoms with Gasteiger partial charge in [-0.05, 0) is 53.9 Å². The first-order chi connectivity index (χ1) is 8.88. The maximum Gasteiger partial charge on any atom is 0.312 e. The number of aliphatic hydroxyl groups excluding tert-OH is 1. The van der Waals surface area contributed by atoms with E-state index in [4.69, 9.17) is 10.1 Å². The van der Waals surface area contributed by atoms with Crippen molar-refractivity contribution in [2.24, 2.45) is 0 Å². The summed E-state index contributed by atoms with van der Waals surface area (Å²) in [5.41, 5.74) is 1.73. The van der Waals surface area contributed by atoms with Crippen LogP contribution in [0.2, 0.25) is 0 Å². The molecule has 116 valence electrons. The van der Waals surface area contributed by atoms with Gasteiger partial charge in [0.05, 0.1) is 11.7 Å². The summed E-state index contributed by atoms with van der Waals surface area (Å²) >= 11 is 4.57. The molecule has 1 atom stereocenters. The molecular weight excluding hydrogens is 271 g/mol. The topological polar surface area (TPSA) is 65.3 Å². The van der Waals surface area contributed by atoms with Crippen molar-refractivity contribution in [3.8, 4) is 0 Å². The summed E-state index contributed by atoms with van der Waals surface area (Å²) in [6.07, 6.45) is -0.425. The summed E-state index contributed by atoms with van der Waals surface area (Å²) in [4.78, 5) is 0. The first-order valence-electron chi connectivity index (χ1n) is 6.92. The number of aliphatic hydroxyl groups is 1. The Balaban J connectivity index is 4.89. The molecule has 6 heteroatoms. The van der Waals surface area contributed by atoms with Crippen molar-refractivity contribution < 1.29 is 9.76 Å². The molecule has 0 saturated carbocycles. The van der Waals surface area contributed by atoms with Gasteiger partial charge in [0.15, 0.2) is 0 Å². The van der Waals surface area contributed by atoms with Crippen LogP contribution < -0.4 is 5.32 Å². The Labute approximate surface area is 129 Å². The summed E-state index contributed by atoms with van der Waals surface area (Å²) in [6, 6.07) is 0. The van der Waals surface area contributed by atoms with Gasteiger partial charge in [-0.3, -0.25) is 0 Å². The zero-order chi connectivity index (χ0) is 16.1. The van der Waals surface area contributed by atoms with Gasteiger partial charge in [0.25, 0.3) is 0 Å². The van der Waals surface area contributed by atoms with E-state index in [-0.39, 0.29) is 4.75 Å². The normalized spacial score (nSPS) is 15.4. The molecule has 0 aliphatic heterocycles. The van der Waals surface area contributed by atoms with E-state index < -0.39 is 11.7 Å². The number of allylic oxidation sites excluding steroid dienone is 2. The zero-order valence-corrected chi connectivity index (χ0v) is 14.7. The van der Waals surface area contributed by atoms with E-state index in [1.807, 2.05) is 34.6 Å². The first kappa shape index (κ1) is 19.5. The van der Waals surface area contributed by atoms with Gasteiger partial charge in [0.1, 0.15) is 0 Å². The summed E-state index contributed by atoms with van der Waals surface area (Å²) in [7, 11) is 0.352. The number of hydrogen-bond donors (Lipinski definition) is 4.